The van der Waals surface area contributed by atoms with Crippen LogP contribution in [0.25, 0.3) is 10.9 Å². The van der Waals surface area contributed by atoms with Crippen LogP contribution in [0, 0.1) is 5.92 Å². The topological polar surface area (TPSA) is 28.2 Å². The van der Waals surface area contributed by atoms with Gasteiger partial charge in [0.05, 0.1) is 5.52 Å². The van der Waals surface area contributed by atoms with Crippen molar-refractivity contribution < 1.29 is 0 Å². The number of pyridine rings is 1. The van der Waals surface area contributed by atoms with Crippen LogP contribution in [0.3, 0.4) is 0 Å². The van der Waals surface area contributed by atoms with E-state index in [2.05, 4.69) is 39.5 Å². The van der Waals surface area contributed by atoms with Gasteiger partial charge in [0.1, 0.15) is 0 Å². The first kappa shape index (κ1) is 16.2. The van der Waals surface area contributed by atoms with Crippen molar-refractivity contribution in [1.82, 2.24) is 15.2 Å². The van der Waals surface area contributed by atoms with Gasteiger partial charge in [-0.05, 0) is 50.5 Å². The molecule has 1 aromatic heterocycles. The number of likely N-dealkylation sites (tertiary alicyclic amines) is 1. The molecule has 0 aliphatic carbocycles. The van der Waals surface area contributed by atoms with Crippen LogP contribution in [-0.2, 0) is 6.54 Å². The van der Waals surface area contributed by atoms with Gasteiger partial charge in [0.25, 0.3) is 0 Å². The summed E-state index contributed by atoms with van der Waals surface area (Å²) in [7, 11) is 2.05. The first-order valence-corrected chi connectivity index (χ1v) is 7.56. The molecule has 1 aliphatic rings. The number of hydrogen-bond acceptors (Lipinski definition) is 3. The molecule has 1 atom stereocenters. The predicted octanol–water partition coefficient (Wildman–Crippen LogP) is 3.09. The summed E-state index contributed by atoms with van der Waals surface area (Å²) in [6.45, 7) is 4.56. The molecule has 1 saturated heterocycles. The highest BCUT2D eigenvalue weighted by Crippen LogP contribution is 2.21. The van der Waals surface area contributed by atoms with E-state index >= 15 is 0 Å². The highest BCUT2D eigenvalue weighted by Gasteiger charge is 2.19. The Kier molecular flexibility index (Phi) is 5.97. The van der Waals surface area contributed by atoms with Crippen molar-refractivity contribution in [3.63, 3.8) is 0 Å². The smallest absolute Gasteiger partial charge is 0.0746 e. The first-order valence-electron chi connectivity index (χ1n) is 7.56. The monoisotopic (exact) mass is 305 g/mol. The van der Waals surface area contributed by atoms with E-state index in [1.54, 1.807) is 0 Å². The quantitative estimate of drug-likeness (QED) is 0.941. The Morgan fingerprint density at radius 1 is 1.29 bits per heavy atom. The number of nitrogens with zero attached hydrogens (tertiary/aromatic N) is 2. The van der Waals surface area contributed by atoms with Gasteiger partial charge in [0.2, 0.25) is 0 Å². The summed E-state index contributed by atoms with van der Waals surface area (Å²) >= 11 is 0. The summed E-state index contributed by atoms with van der Waals surface area (Å²) in [5.74, 6) is 0.789. The Morgan fingerprint density at radius 3 is 3.00 bits per heavy atom. The van der Waals surface area contributed by atoms with Crippen LogP contribution in [0.4, 0.5) is 0 Å². The number of rotatable bonds is 4. The average Bonchev–Trinajstić information content (AvgIpc) is 2.48. The van der Waals surface area contributed by atoms with Crippen molar-refractivity contribution >= 4 is 23.3 Å². The highest BCUT2D eigenvalue weighted by atomic mass is 35.5. The number of fused-ring (bicyclic) bond motifs is 1. The van der Waals surface area contributed by atoms with Crippen LogP contribution < -0.4 is 5.32 Å². The highest BCUT2D eigenvalue weighted by molar-refractivity contribution is 5.85. The van der Waals surface area contributed by atoms with E-state index in [4.69, 9.17) is 0 Å². The lowest BCUT2D eigenvalue weighted by molar-refractivity contribution is 0.167. The SMILES string of the molecule is CNCC1CCCN(Cc2cccc3cccnc23)C1.Cl. The zero-order chi connectivity index (χ0) is 13.8. The molecule has 1 fully saturated rings. The molecule has 3 nitrogen and oxygen atoms in total. The fourth-order valence-electron chi connectivity index (χ4n) is 3.29. The fraction of sp³-hybridized carbons (Fsp3) is 0.471. The van der Waals surface area contributed by atoms with E-state index in [9.17, 15) is 0 Å². The Hall–Kier alpha value is -1.16. The maximum absolute atomic E-state index is 4.56. The van der Waals surface area contributed by atoms with Crippen LogP contribution in [0.1, 0.15) is 18.4 Å². The lowest BCUT2D eigenvalue weighted by Crippen LogP contribution is -2.38. The van der Waals surface area contributed by atoms with Crippen molar-refractivity contribution in [2.75, 3.05) is 26.7 Å². The van der Waals surface area contributed by atoms with Gasteiger partial charge in [-0.25, -0.2) is 0 Å². The standard InChI is InChI=1S/C17H23N3.ClH/c1-18-11-14-5-4-10-20(12-14)13-16-7-2-6-15-8-3-9-19-17(15)16;/h2-3,6-9,14,18H,4-5,10-13H2,1H3;1H. The summed E-state index contributed by atoms with van der Waals surface area (Å²) in [6, 6.07) is 10.7. The second-order valence-corrected chi connectivity index (χ2v) is 5.79. The van der Waals surface area contributed by atoms with Gasteiger partial charge < -0.3 is 5.32 Å². The lowest BCUT2D eigenvalue weighted by atomic mass is 9.97. The third kappa shape index (κ3) is 3.94. The Balaban J connectivity index is 0.00000161. The van der Waals surface area contributed by atoms with Gasteiger partial charge in [-0.2, -0.15) is 0 Å². The van der Waals surface area contributed by atoms with E-state index in [0.29, 0.717) is 0 Å². The minimum Gasteiger partial charge on any atom is -0.319 e. The second kappa shape index (κ2) is 7.74. The summed E-state index contributed by atoms with van der Waals surface area (Å²) in [5, 5.41) is 4.56. The normalized spacial score (nSPS) is 19.4. The molecule has 0 radical (unpaired) electrons. The molecule has 3 rings (SSSR count). The molecule has 1 unspecified atom stereocenters. The Bertz CT molecular complexity index is 565. The third-order valence-corrected chi connectivity index (χ3v) is 4.21. The number of piperidine rings is 1. The lowest BCUT2D eigenvalue weighted by Gasteiger charge is -2.32. The summed E-state index contributed by atoms with van der Waals surface area (Å²) in [5.41, 5.74) is 2.51. The molecule has 1 aliphatic heterocycles. The van der Waals surface area contributed by atoms with E-state index in [-0.39, 0.29) is 12.4 Å². The van der Waals surface area contributed by atoms with Gasteiger partial charge in [0, 0.05) is 24.7 Å². The Morgan fingerprint density at radius 2 is 2.14 bits per heavy atom. The molecule has 1 N–H and O–H groups in total. The molecule has 2 heterocycles. The van der Waals surface area contributed by atoms with E-state index in [1.165, 1.54) is 36.9 Å². The number of halogens is 1. The molecule has 0 spiro atoms. The predicted molar refractivity (Wildman–Crippen MR) is 90.9 cm³/mol. The largest absolute Gasteiger partial charge is 0.319 e. The molecule has 0 bridgehead atoms. The average molecular weight is 306 g/mol. The fourth-order valence-corrected chi connectivity index (χ4v) is 3.29. The molecule has 21 heavy (non-hydrogen) atoms. The van der Waals surface area contributed by atoms with Gasteiger partial charge in [-0.3, -0.25) is 9.88 Å². The summed E-state index contributed by atoms with van der Waals surface area (Å²) in [4.78, 5) is 7.14. The van der Waals surface area contributed by atoms with Gasteiger partial charge in [0.15, 0.2) is 0 Å². The number of para-hydroxylation sites is 1. The zero-order valence-corrected chi connectivity index (χ0v) is 13.4. The molecule has 0 saturated carbocycles. The zero-order valence-electron chi connectivity index (χ0n) is 12.6. The van der Waals surface area contributed by atoms with Crippen molar-refractivity contribution in [3.05, 3.63) is 42.1 Å². The van der Waals surface area contributed by atoms with Crippen LogP contribution in [0.2, 0.25) is 0 Å². The van der Waals surface area contributed by atoms with Crippen molar-refractivity contribution in [1.29, 1.82) is 0 Å². The molecular weight excluding hydrogens is 282 g/mol. The summed E-state index contributed by atoms with van der Waals surface area (Å²) < 4.78 is 0. The maximum atomic E-state index is 4.56. The third-order valence-electron chi connectivity index (χ3n) is 4.21. The van der Waals surface area contributed by atoms with Gasteiger partial charge in [-0.1, -0.05) is 24.3 Å². The number of aromatic nitrogens is 1. The van der Waals surface area contributed by atoms with Crippen LogP contribution in [0.5, 0.6) is 0 Å². The van der Waals surface area contributed by atoms with Crippen LogP contribution in [0.15, 0.2) is 36.5 Å². The number of hydrogen-bond donors (Lipinski definition) is 1. The number of benzene rings is 1. The second-order valence-electron chi connectivity index (χ2n) is 5.79. The van der Waals surface area contributed by atoms with E-state index < -0.39 is 0 Å². The molecule has 0 amide bonds. The van der Waals surface area contributed by atoms with E-state index in [0.717, 1.165) is 24.5 Å². The van der Waals surface area contributed by atoms with Crippen LogP contribution in [-0.4, -0.2) is 36.6 Å². The molecule has 114 valence electrons. The Labute approximate surface area is 133 Å². The minimum absolute atomic E-state index is 0. The number of nitrogens with one attached hydrogen (secondary N) is 1. The first-order chi connectivity index (χ1) is 9.86. The van der Waals surface area contributed by atoms with Crippen molar-refractivity contribution in [2.24, 2.45) is 5.92 Å². The minimum atomic E-state index is 0. The molecule has 1 aromatic carbocycles. The maximum Gasteiger partial charge on any atom is 0.0746 e. The van der Waals surface area contributed by atoms with Gasteiger partial charge >= 0.3 is 0 Å². The van der Waals surface area contributed by atoms with Gasteiger partial charge in [-0.15, -0.1) is 12.4 Å². The molecule has 4 heteroatoms. The van der Waals surface area contributed by atoms with Crippen LogP contribution >= 0.6 is 12.4 Å². The van der Waals surface area contributed by atoms with Crippen molar-refractivity contribution in [3.8, 4) is 0 Å². The van der Waals surface area contributed by atoms with Crippen molar-refractivity contribution in [2.45, 2.75) is 19.4 Å². The molecular formula is C17H24ClN3. The summed E-state index contributed by atoms with van der Waals surface area (Å²) in [6.07, 6.45) is 4.56. The van der Waals surface area contributed by atoms with E-state index in [1.807, 2.05) is 19.3 Å². The molecule has 2 aromatic rings.